The van der Waals surface area contributed by atoms with Gasteiger partial charge in [-0.2, -0.15) is 0 Å². The van der Waals surface area contributed by atoms with E-state index >= 15 is 0 Å². The molecule has 2 aromatic carbocycles. The molecule has 2 aromatic heterocycles. The van der Waals surface area contributed by atoms with Gasteiger partial charge in [0.25, 0.3) is 0 Å². The van der Waals surface area contributed by atoms with Crippen LogP contribution in [0.4, 0.5) is 5.82 Å². The summed E-state index contributed by atoms with van der Waals surface area (Å²) in [5.41, 5.74) is 8.42. The highest BCUT2D eigenvalue weighted by molar-refractivity contribution is 7.92. The van der Waals surface area contributed by atoms with Gasteiger partial charge in [0.1, 0.15) is 16.2 Å². The summed E-state index contributed by atoms with van der Waals surface area (Å²) in [5.74, 6) is 0.395. The van der Waals surface area contributed by atoms with Gasteiger partial charge in [-0.05, 0) is 42.3 Å². The molecule has 4 rings (SSSR count). The van der Waals surface area contributed by atoms with E-state index in [1.165, 1.54) is 12.1 Å². The Balaban J connectivity index is 2.08. The molecule has 0 bridgehead atoms. The number of anilines is 1. The number of para-hydroxylation sites is 2. The van der Waals surface area contributed by atoms with Crippen molar-refractivity contribution in [3.05, 3.63) is 53.6 Å². The Labute approximate surface area is 167 Å². The second kappa shape index (κ2) is 6.76. The molecular formula is C20H19ClN4O2S. The van der Waals surface area contributed by atoms with Crippen LogP contribution in [-0.4, -0.2) is 23.0 Å². The van der Waals surface area contributed by atoms with Crippen LogP contribution in [0.3, 0.4) is 0 Å². The molecule has 0 fully saturated rings. The number of halogens is 1. The van der Waals surface area contributed by atoms with Crippen LogP contribution >= 0.6 is 11.6 Å². The first-order valence-corrected chi connectivity index (χ1v) is 10.7. The van der Waals surface area contributed by atoms with Gasteiger partial charge in [-0.15, -0.1) is 0 Å². The van der Waals surface area contributed by atoms with Gasteiger partial charge in [0.2, 0.25) is 9.84 Å². The monoisotopic (exact) mass is 414 g/mol. The first-order valence-electron chi connectivity index (χ1n) is 8.84. The van der Waals surface area contributed by atoms with E-state index in [4.69, 9.17) is 17.3 Å². The molecule has 0 atom stereocenters. The van der Waals surface area contributed by atoms with Crippen molar-refractivity contribution in [2.75, 3.05) is 5.73 Å². The van der Waals surface area contributed by atoms with Gasteiger partial charge in [0.15, 0.2) is 5.65 Å². The summed E-state index contributed by atoms with van der Waals surface area (Å²) in [6, 6.07) is 13.4. The fourth-order valence-corrected chi connectivity index (χ4v) is 4.87. The summed E-state index contributed by atoms with van der Waals surface area (Å²) in [6.45, 7) is 4.60. The van der Waals surface area contributed by atoms with Gasteiger partial charge in [0.05, 0.1) is 15.9 Å². The number of hydrogen-bond donors (Lipinski definition) is 1. The number of nitrogens with two attached hydrogens (primary N) is 1. The quantitative estimate of drug-likeness (QED) is 0.537. The zero-order valence-corrected chi connectivity index (χ0v) is 17.0. The molecule has 4 aromatic rings. The maximum absolute atomic E-state index is 13.4. The highest BCUT2D eigenvalue weighted by atomic mass is 35.5. The van der Waals surface area contributed by atoms with E-state index in [-0.39, 0.29) is 27.0 Å². The lowest BCUT2D eigenvalue weighted by atomic mass is 10.2. The Kier molecular flexibility index (Phi) is 4.51. The van der Waals surface area contributed by atoms with Crippen molar-refractivity contribution in [2.24, 2.45) is 5.92 Å². The van der Waals surface area contributed by atoms with Gasteiger partial charge in [0, 0.05) is 11.6 Å². The lowest BCUT2D eigenvalue weighted by Crippen LogP contribution is -2.10. The molecule has 28 heavy (non-hydrogen) atoms. The fourth-order valence-electron chi connectivity index (χ4n) is 3.24. The number of aromatic nitrogens is 3. The second-order valence-corrected chi connectivity index (χ2v) is 9.38. The highest BCUT2D eigenvalue weighted by Crippen LogP contribution is 2.35. The molecule has 6 nitrogen and oxygen atoms in total. The number of fused-ring (bicyclic) bond motifs is 2. The minimum Gasteiger partial charge on any atom is -0.384 e. The maximum atomic E-state index is 13.4. The fraction of sp³-hybridized carbons (Fsp3) is 0.200. The molecule has 0 aliphatic rings. The molecule has 0 saturated carbocycles. The molecule has 0 spiro atoms. The molecule has 0 aliphatic carbocycles. The zero-order chi connectivity index (χ0) is 20.1. The number of nitrogen functional groups attached to an aromatic ring is 1. The Morgan fingerprint density at radius 3 is 2.25 bits per heavy atom. The third-order valence-electron chi connectivity index (χ3n) is 4.49. The van der Waals surface area contributed by atoms with Crippen LogP contribution in [0.5, 0.6) is 0 Å². The van der Waals surface area contributed by atoms with Crippen molar-refractivity contribution < 1.29 is 8.42 Å². The van der Waals surface area contributed by atoms with Crippen LogP contribution in [0.15, 0.2) is 58.3 Å². The zero-order valence-electron chi connectivity index (χ0n) is 15.4. The highest BCUT2D eigenvalue weighted by Gasteiger charge is 2.30. The second-order valence-electron chi connectivity index (χ2n) is 7.06. The van der Waals surface area contributed by atoms with E-state index in [2.05, 4.69) is 9.97 Å². The minimum atomic E-state index is -3.90. The summed E-state index contributed by atoms with van der Waals surface area (Å²) in [4.78, 5) is 9.38. The summed E-state index contributed by atoms with van der Waals surface area (Å²) >= 11 is 5.91. The van der Waals surface area contributed by atoms with Crippen LogP contribution in [0.25, 0.3) is 22.2 Å². The van der Waals surface area contributed by atoms with E-state index in [0.717, 1.165) is 0 Å². The van der Waals surface area contributed by atoms with Crippen LogP contribution < -0.4 is 5.73 Å². The number of benzene rings is 2. The largest absolute Gasteiger partial charge is 0.384 e. The van der Waals surface area contributed by atoms with Crippen molar-refractivity contribution in [1.82, 2.24) is 14.5 Å². The van der Waals surface area contributed by atoms with Crippen LogP contribution in [0, 0.1) is 5.92 Å². The van der Waals surface area contributed by atoms with Crippen LogP contribution in [0.1, 0.15) is 13.8 Å². The van der Waals surface area contributed by atoms with Gasteiger partial charge >= 0.3 is 0 Å². The van der Waals surface area contributed by atoms with Crippen molar-refractivity contribution in [3.63, 3.8) is 0 Å². The normalized spacial score (nSPS) is 12.3. The molecule has 0 saturated heterocycles. The predicted octanol–water partition coefficient (Wildman–Crippen LogP) is 4.31. The lowest BCUT2D eigenvalue weighted by Gasteiger charge is -2.10. The molecule has 0 aliphatic heterocycles. The van der Waals surface area contributed by atoms with Crippen molar-refractivity contribution in [3.8, 4) is 0 Å². The number of rotatable bonds is 4. The maximum Gasteiger partial charge on any atom is 0.212 e. The molecule has 0 unspecified atom stereocenters. The SMILES string of the molecule is CC(C)Cn1c(N)c(S(=O)(=O)c2ccc(Cl)cc2)c2nc3ccccc3nc21. The average Bonchev–Trinajstić information content (AvgIpc) is 2.91. The molecule has 144 valence electrons. The molecule has 2 N–H and O–H groups in total. The van der Waals surface area contributed by atoms with Crippen LogP contribution in [0.2, 0.25) is 5.02 Å². The van der Waals surface area contributed by atoms with E-state index in [0.29, 0.717) is 28.2 Å². The average molecular weight is 415 g/mol. The minimum absolute atomic E-state index is 0.0104. The van der Waals surface area contributed by atoms with Gasteiger partial charge in [-0.1, -0.05) is 37.6 Å². The topological polar surface area (TPSA) is 90.9 Å². The van der Waals surface area contributed by atoms with Crippen molar-refractivity contribution in [1.29, 1.82) is 0 Å². The van der Waals surface area contributed by atoms with Crippen molar-refractivity contribution >= 4 is 49.5 Å². The summed E-state index contributed by atoms with van der Waals surface area (Å²) in [6.07, 6.45) is 0. The smallest absolute Gasteiger partial charge is 0.212 e. The van der Waals surface area contributed by atoms with Gasteiger partial charge in [-0.25, -0.2) is 18.4 Å². The molecule has 2 heterocycles. The first kappa shape index (κ1) is 18.7. The standard InChI is InChI=1S/C20H19ClN4O2S/c1-12(2)11-25-19(22)18(28(26,27)14-9-7-13(21)8-10-14)17-20(25)24-16-6-4-3-5-15(16)23-17/h3-10,12H,11,22H2,1-2H3. The van der Waals surface area contributed by atoms with Crippen molar-refractivity contribution in [2.45, 2.75) is 30.2 Å². The van der Waals surface area contributed by atoms with Gasteiger partial charge in [-0.3, -0.25) is 0 Å². The first-order chi connectivity index (χ1) is 13.3. The lowest BCUT2D eigenvalue weighted by molar-refractivity contribution is 0.535. The third-order valence-corrected chi connectivity index (χ3v) is 6.57. The van der Waals surface area contributed by atoms with Gasteiger partial charge < -0.3 is 10.3 Å². The Morgan fingerprint density at radius 2 is 1.64 bits per heavy atom. The van der Waals surface area contributed by atoms with E-state index in [1.807, 2.05) is 32.0 Å². The summed E-state index contributed by atoms with van der Waals surface area (Å²) < 4.78 is 28.6. The predicted molar refractivity (Wildman–Crippen MR) is 111 cm³/mol. The van der Waals surface area contributed by atoms with E-state index in [9.17, 15) is 8.42 Å². The molecule has 0 radical (unpaired) electrons. The molecule has 0 amide bonds. The summed E-state index contributed by atoms with van der Waals surface area (Å²) in [7, 11) is -3.90. The molecular weight excluding hydrogens is 396 g/mol. The number of sulfone groups is 1. The van der Waals surface area contributed by atoms with E-state index < -0.39 is 9.84 Å². The number of nitrogens with zero attached hydrogens (tertiary/aromatic N) is 3. The third kappa shape index (κ3) is 3.00. The Bertz CT molecular complexity index is 1300. The molecule has 8 heteroatoms. The van der Waals surface area contributed by atoms with Crippen LogP contribution in [-0.2, 0) is 16.4 Å². The Morgan fingerprint density at radius 1 is 1.04 bits per heavy atom. The van der Waals surface area contributed by atoms with E-state index in [1.54, 1.807) is 22.8 Å². The Hall–Kier alpha value is -2.64. The number of hydrogen-bond acceptors (Lipinski definition) is 5. The summed E-state index contributed by atoms with van der Waals surface area (Å²) in [5, 5.41) is 0.458.